The van der Waals surface area contributed by atoms with E-state index in [1.54, 1.807) is 12.3 Å². The first kappa shape index (κ1) is 8.05. The molecule has 3 aromatic rings. The zero-order valence-electron chi connectivity index (χ0n) is 7.79. The lowest BCUT2D eigenvalue weighted by atomic mass is 10.3. The minimum absolute atomic E-state index is 0.523. The van der Waals surface area contributed by atoms with Crippen LogP contribution < -0.4 is 5.73 Å². The summed E-state index contributed by atoms with van der Waals surface area (Å²) in [5, 5.41) is 4.78. The highest BCUT2D eigenvalue weighted by molar-refractivity contribution is 5.89. The van der Waals surface area contributed by atoms with Crippen LogP contribution >= 0.6 is 0 Å². The molecule has 0 aliphatic heterocycles. The summed E-state index contributed by atoms with van der Waals surface area (Å²) in [5.74, 6) is 1.25. The van der Waals surface area contributed by atoms with E-state index in [4.69, 9.17) is 10.3 Å². The molecular formula is C10H8N4O. The Kier molecular flexibility index (Phi) is 1.53. The first-order chi connectivity index (χ1) is 7.36. The van der Waals surface area contributed by atoms with Crippen LogP contribution in [0.1, 0.15) is 0 Å². The summed E-state index contributed by atoms with van der Waals surface area (Å²) in [7, 11) is 0. The third-order valence-electron chi connectivity index (χ3n) is 2.32. The van der Waals surface area contributed by atoms with Crippen molar-refractivity contribution in [3.8, 4) is 5.82 Å². The van der Waals surface area contributed by atoms with E-state index in [0.717, 1.165) is 16.7 Å². The quantitative estimate of drug-likeness (QED) is 0.647. The standard InChI is InChI=1S/C10H8N4O/c11-10-7-2-5-14(8(7)1-4-12-10)9-3-6-15-13-9/h1-6H,(H2,11,12). The van der Waals surface area contributed by atoms with Crippen LogP contribution in [-0.4, -0.2) is 14.7 Å². The van der Waals surface area contributed by atoms with Crippen LogP contribution in [0.3, 0.4) is 0 Å². The van der Waals surface area contributed by atoms with Gasteiger partial charge in [-0.15, -0.1) is 0 Å². The normalized spacial score (nSPS) is 10.9. The first-order valence-electron chi connectivity index (χ1n) is 4.48. The lowest BCUT2D eigenvalue weighted by Crippen LogP contribution is -1.93. The molecule has 3 rings (SSSR count). The van der Waals surface area contributed by atoms with Crippen molar-refractivity contribution in [3.05, 3.63) is 36.9 Å². The number of pyridine rings is 1. The van der Waals surface area contributed by atoms with Gasteiger partial charge in [0.2, 0.25) is 0 Å². The number of hydrogen-bond acceptors (Lipinski definition) is 4. The molecule has 0 amide bonds. The molecule has 0 aliphatic rings. The molecule has 0 aliphatic carbocycles. The van der Waals surface area contributed by atoms with Crippen molar-refractivity contribution in [3.63, 3.8) is 0 Å². The summed E-state index contributed by atoms with van der Waals surface area (Å²) in [4.78, 5) is 4.02. The van der Waals surface area contributed by atoms with Gasteiger partial charge in [0.15, 0.2) is 5.82 Å². The van der Waals surface area contributed by atoms with Gasteiger partial charge in [-0.05, 0) is 12.1 Å². The number of anilines is 1. The number of nitrogens with two attached hydrogens (primary N) is 1. The van der Waals surface area contributed by atoms with Crippen molar-refractivity contribution < 1.29 is 4.52 Å². The Balaban J connectivity index is 2.34. The van der Waals surface area contributed by atoms with Crippen LogP contribution in [0.4, 0.5) is 5.82 Å². The van der Waals surface area contributed by atoms with E-state index in [0.29, 0.717) is 5.82 Å². The van der Waals surface area contributed by atoms with Gasteiger partial charge in [0.1, 0.15) is 12.1 Å². The van der Waals surface area contributed by atoms with Crippen molar-refractivity contribution in [1.29, 1.82) is 0 Å². The van der Waals surface area contributed by atoms with E-state index in [1.165, 1.54) is 6.26 Å². The molecule has 0 fully saturated rings. The Hall–Kier alpha value is -2.30. The van der Waals surface area contributed by atoms with E-state index >= 15 is 0 Å². The van der Waals surface area contributed by atoms with Gasteiger partial charge in [-0.1, -0.05) is 5.16 Å². The average Bonchev–Trinajstić information content (AvgIpc) is 2.85. The van der Waals surface area contributed by atoms with Gasteiger partial charge < -0.3 is 10.3 Å². The molecule has 0 atom stereocenters. The molecule has 15 heavy (non-hydrogen) atoms. The molecule has 0 saturated heterocycles. The number of rotatable bonds is 1. The number of nitrogen functional groups attached to an aromatic ring is 1. The number of hydrogen-bond donors (Lipinski definition) is 1. The molecule has 0 bridgehead atoms. The molecule has 0 aromatic carbocycles. The van der Waals surface area contributed by atoms with Crippen LogP contribution in [0.25, 0.3) is 16.7 Å². The van der Waals surface area contributed by atoms with E-state index in [2.05, 4.69) is 10.1 Å². The third kappa shape index (κ3) is 1.10. The summed E-state index contributed by atoms with van der Waals surface area (Å²) < 4.78 is 6.70. The maximum absolute atomic E-state index is 5.75. The zero-order chi connectivity index (χ0) is 10.3. The van der Waals surface area contributed by atoms with Crippen molar-refractivity contribution >= 4 is 16.7 Å². The lowest BCUT2D eigenvalue weighted by Gasteiger charge is -1.99. The Labute approximate surface area is 85.1 Å². The Bertz CT molecular complexity index is 597. The van der Waals surface area contributed by atoms with Crippen molar-refractivity contribution in [2.45, 2.75) is 0 Å². The largest absolute Gasteiger partial charge is 0.383 e. The molecule has 5 heteroatoms. The third-order valence-corrected chi connectivity index (χ3v) is 2.32. The van der Waals surface area contributed by atoms with Crippen molar-refractivity contribution in [1.82, 2.24) is 14.7 Å². The predicted molar refractivity (Wildman–Crippen MR) is 55.5 cm³/mol. The zero-order valence-corrected chi connectivity index (χ0v) is 7.79. The van der Waals surface area contributed by atoms with Gasteiger partial charge in [0.05, 0.1) is 5.52 Å². The van der Waals surface area contributed by atoms with E-state index in [-0.39, 0.29) is 0 Å². The van der Waals surface area contributed by atoms with Gasteiger partial charge in [-0.25, -0.2) is 4.98 Å². The summed E-state index contributed by atoms with van der Waals surface area (Å²) in [6.07, 6.45) is 5.10. The molecule has 74 valence electrons. The van der Waals surface area contributed by atoms with Gasteiger partial charge in [-0.3, -0.25) is 4.57 Å². The highest BCUT2D eigenvalue weighted by Crippen LogP contribution is 2.22. The topological polar surface area (TPSA) is 69.9 Å². The van der Waals surface area contributed by atoms with E-state index < -0.39 is 0 Å². The highest BCUT2D eigenvalue weighted by atomic mass is 16.5. The highest BCUT2D eigenvalue weighted by Gasteiger charge is 2.07. The Morgan fingerprint density at radius 2 is 2.20 bits per heavy atom. The number of fused-ring (bicyclic) bond motifs is 1. The molecule has 0 saturated carbocycles. The molecule has 2 N–H and O–H groups in total. The SMILES string of the molecule is Nc1nccc2c1ccn2-c1ccon1. The molecule has 5 nitrogen and oxygen atoms in total. The Morgan fingerprint density at radius 3 is 3.00 bits per heavy atom. The maximum atomic E-state index is 5.75. The van der Waals surface area contributed by atoms with Crippen LogP contribution in [0, 0.1) is 0 Å². The summed E-state index contributed by atoms with van der Waals surface area (Å²) in [5.41, 5.74) is 6.72. The Morgan fingerprint density at radius 1 is 1.27 bits per heavy atom. The van der Waals surface area contributed by atoms with Gasteiger partial charge in [0.25, 0.3) is 0 Å². The van der Waals surface area contributed by atoms with Crippen LogP contribution in [0.5, 0.6) is 0 Å². The number of aromatic nitrogens is 3. The number of nitrogens with zero attached hydrogens (tertiary/aromatic N) is 3. The van der Waals surface area contributed by atoms with Gasteiger partial charge >= 0.3 is 0 Å². The van der Waals surface area contributed by atoms with E-state index in [1.807, 2.05) is 22.9 Å². The maximum Gasteiger partial charge on any atom is 0.180 e. The van der Waals surface area contributed by atoms with E-state index in [9.17, 15) is 0 Å². The molecular weight excluding hydrogens is 192 g/mol. The molecule has 3 heterocycles. The smallest absolute Gasteiger partial charge is 0.180 e. The fraction of sp³-hybridized carbons (Fsp3) is 0. The van der Waals surface area contributed by atoms with Crippen molar-refractivity contribution in [2.24, 2.45) is 0 Å². The fourth-order valence-corrected chi connectivity index (χ4v) is 1.62. The second-order valence-corrected chi connectivity index (χ2v) is 3.17. The van der Waals surface area contributed by atoms with Crippen molar-refractivity contribution in [2.75, 3.05) is 5.73 Å². The fourth-order valence-electron chi connectivity index (χ4n) is 1.62. The molecule has 0 radical (unpaired) electrons. The first-order valence-corrected chi connectivity index (χ1v) is 4.48. The summed E-state index contributed by atoms with van der Waals surface area (Å²) in [6, 6.07) is 5.59. The lowest BCUT2D eigenvalue weighted by molar-refractivity contribution is 0.417. The van der Waals surface area contributed by atoms with Crippen LogP contribution in [-0.2, 0) is 0 Å². The van der Waals surface area contributed by atoms with Crippen LogP contribution in [0.15, 0.2) is 41.4 Å². The molecule has 3 aromatic heterocycles. The summed E-state index contributed by atoms with van der Waals surface area (Å²) >= 11 is 0. The minimum atomic E-state index is 0.523. The predicted octanol–water partition coefficient (Wildman–Crippen LogP) is 1.60. The van der Waals surface area contributed by atoms with Crippen LogP contribution in [0.2, 0.25) is 0 Å². The monoisotopic (exact) mass is 200 g/mol. The average molecular weight is 200 g/mol. The van der Waals surface area contributed by atoms with Gasteiger partial charge in [0, 0.05) is 23.8 Å². The molecule has 0 spiro atoms. The molecule has 0 unspecified atom stereocenters. The summed E-state index contributed by atoms with van der Waals surface area (Å²) in [6.45, 7) is 0. The van der Waals surface area contributed by atoms with Gasteiger partial charge in [-0.2, -0.15) is 0 Å². The minimum Gasteiger partial charge on any atom is -0.383 e. The second kappa shape index (κ2) is 2.84. The second-order valence-electron chi connectivity index (χ2n) is 3.17.